The third-order valence-electron chi connectivity index (χ3n) is 4.70. The smallest absolute Gasteiger partial charge is 0.0224 e. The average molecular weight is 208 g/mol. The molecular weight excluding hydrogens is 184 g/mol. The summed E-state index contributed by atoms with van der Waals surface area (Å²) in [5.74, 6) is 1.02. The molecule has 2 heteroatoms. The fourth-order valence-electron chi connectivity index (χ4n) is 3.20. The number of nitrogens with one attached hydrogen (secondary N) is 1. The molecule has 2 atom stereocenters. The number of rotatable bonds is 3. The summed E-state index contributed by atoms with van der Waals surface area (Å²) in [5, 5.41) is 3.77. The maximum atomic E-state index is 3.77. The lowest BCUT2D eigenvalue weighted by Gasteiger charge is -2.48. The van der Waals surface area contributed by atoms with Gasteiger partial charge in [0.15, 0.2) is 0 Å². The minimum absolute atomic E-state index is 0.824. The fraction of sp³-hybridized carbons (Fsp3) is 1.00. The van der Waals surface area contributed by atoms with Gasteiger partial charge in [-0.3, -0.25) is 4.90 Å². The third-order valence-corrected chi connectivity index (χ3v) is 4.70. The average Bonchev–Trinajstić information content (AvgIpc) is 2.98. The molecule has 2 aliphatic carbocycles. The van der Waals surface area contributed by atoms with Crippen LogP contribution in [0.25, 0.3) is 0 Å². The zero-order valence-corrected chi connectivity index (χ0v) is 9.91. The molecular formula is C13H24N2. The van der Waals surface area contributed by atoms with Crippen LogP contribution in [-0.2, 0) is 0 Å². The second kappa shape index (κ2) is 4.06. The van der Waals surface area contributed by atoms with E-state index in [1.54, 1.807) is 0 Å². The molecule has 0 bridgehead atoms. The van der Waals surface area contributed by atoms with E-state index in [9.17, 15) is 0 Å². The molecule has 0 radical (unpaired) electrons. The molecule has 1 aliphatic heterocycles. The summed E-state index contributed by atoms with van der Waals surface area (Å²) in [4.78, 5) is 2.84. The van der Waals surface area contributed by atoms with Gasteiger partial charge in [-0.15, -0.1) is 0 Å². The van der Waals surface area contributed by atoms with E-state index in [0.29, 0.717) is 0 Å². The molecule has 86 valence electrons. The predicted molar refractivity (Wildman–Crippen MR) is 62.9 cm³/mol. The Morgan fingerprint density at radius 2 is 2.00 bits per heavy atom. The molecule has 1 N–H and O–H groups in total. The summed E-state index contributed by atoms with van der Waals surface area (Å²) in [6.07, 6.45) is 8.68. The van der Waals surface area contributed by atoms with Gasteiger partial charge in [-0.1, -0.05) is 13.3 Å². The van der Waals surface area contributed by atoms with Crippen molar-refractivity contribution < 1.29 is 0 Å². The molecule has 2 unspecified atom stereocenters. The van der Waals surface area contributed by atoms with Crippen LogP contribution in [-0.4, -0.2) is 36.1 Å². The van der Waals surface area contributed by atoms with Gasteiger partial charge in [-0.2, -0.15) is 0 Å². The van der Waals surface area contributed by atoms with Gasteiger partial charge in [0, 0.05) is 31.2 Å². The van der Waals surface area contributed by atoms with Crippen LogP contribution in [0.4, 0.5) is 0 Å². The molecule has 2 nitrogen and oxygen atoms in total. The van der Waals surface area contributed by atoms with Gasteiger partial charge in [0.1, 0.15) is 0 Å². The zero-order chi connectivity index (χ0) is 10.3. The highest BCUT2D eigenvalue weighted by Gasteiger charge is 2.39. The minimum Gasteiger partial charge on any atom is -0.311 e. The van der Waals surface area contributed by atoms with Crippen LogP contribution < -0.4 is 5.32 Å². The Balaban J connectivity index is 1.63. The number of piperazine rings is 1. The van der Waals surface area contributed by atoms with Gasteiger partial charge in [0.25, 0.3) is 0 Å². The van der Waals surface area contributed by atoms with Crippen LogP contribution >= 0.6 is 0 Å². The molecule has 0 amide bonds. The van der Waals surface area contributed by atoms with Crippen molar-refractivity contribution in [2.45, 2.75) is 63.6 Å². The first kappa shape index (κ1) is 10.1. The molecule has 0 aromatic carbocycles. The molecule has 3 fully saturated rings. The van der Waals surface area contributed by atoms with Gasteiger partial charge in [0.2, 0.25) is 0 Å². The molecule has 1 saturated heterocycles. The molecule has 2 saturated carbocycles. The highest BCUT2D eigenvalue weighted by Crippen LogP contribution is 2.36. The molecule has 0 spiro atoms. The van der Waals surface area contributed by atoms with E-state index in [1.165, 1.54) is 51.6 Å². The van der Waals surface area contributed by atoms with Gasteiger partial charge in [0.05, 0.1) is 0 Å². The van der Waals surface area contributed by atoms with Crippen LogP contribution in [0.2, 0.25) is 0 Å². The van der Waals surface area contributed by atoms with E-state index in [1.807, 2.05) is 0 Å². The van der Waals surface area contributed by atoms with Crippen LogP contribution in [0, 0.1) is 5.92 Å². The van der Waals surface area contributed by atoms with Gasteiger partial charge < -0.3 is 5.32 Å². The Morgan fingerprint density at radius 1 is 1.20 bits per heavy atom. The Bertz CT molecular complexity index is 221. The first-order chi connectivity index (χ1) is 7.38. The maximum absolute atomic E-state index is 3.77. The Hall–Kier alpha value is -0.0800. The number of nitrogens with zero attached hydrogens (tertiary/aromatic N) is 1. The first-order valence-corrected chi connectivity index (χ1v) is 6.87. The van der Waals surface area contributed by atoms with E-state index in [0.717, 1.165) is 24.0 Å². The van der Waals surface area contributed by atoms with Crippen molar-refractivity contribution in [2.75, 3.05) is 13.1 Å². The predicted octanol–water partition coefficient (Wildman–Crippen LogP) is 2.00. The number of hydrogen-bond acceptors (Lipinski definition) is 2. The lowest BCUT2D eigenvalue weighted by Crippen LogP contribution is -2.61. The molecule has 0 aromatic rings. The topological polar surface area (TPSA) is 15.3 Å². The van der Waals surface area contributed by atoms with Crippen molar-refractivity contribution >= 4 is 0 Å². The van der Waals surface area contributed by atoms with Gasteiger partial charge in [-0.25, -0.2) is 0 Å². The summed E-state index contributed by atoms with van der Waals surface area (Å²) >= 11 is 0. The standard InChI is InChI=1S/C13H24N2/c1-2-11-8-14-13(10-6-7-10)9-15(11)12-4-3-5-12/h10-14H,2-9H2,1H3. The lowest BCUT2D eigenvalue weighted by molar-refractivity contribution is 0.0365. The summed E-state index contributed by atoms with van der Waals surface area (Å²) < 4.78 is 0. The van der Waals surface area contributed by atoms with Crippen molar-refractivity contribution in [1.29, 1.82) is 0 Å². The second-order valence-electron chi connectivity index (χ2n) is 5.70. The largest absolute Gasteiger partial charge is 0.311 e. The van der Waals surface area contributed by atoms with E-state index in [2.05, 4.69) is 17.1 Å². The lowest BCUT2D eigenvalue weighted by atomic mass is 9.88. The summed E-state index contributed by atoms with van der Waals surface area (Å²) in [7, 11) is 0. The normalized spacial score (nSPS) is 39.0. The second-order valence-corrected chi connectivity index (χ2v) is 5.70. The number of hydrogen-bond donors (Lipinski definition) is 1. The highest BCUT2D eigenvalue weighted by molar-refractivity contribution is 4.97. The van der Waals surface area contributed by atoms with E-state index < -0.39 is 0 Å². The Labute approximate surface area is 93.4 Å². The SMILES string of the molecule is CCC1CNC(C2CC2)CN1C1CCC1. The van der Waals surface area contributed by atoms with Crippen molar-refractivity contribution in [3.05, 3.63) is 0 Å². The van der Waals surface area contributed by atoms with Crippen LogP contribution in [0.1, 0.15) is 45.4 Å². The van der Waals surface area contributed by atoms with Crippen molar-refractivity contribution in [3.8, 4) is 0 Å². The molecule has 0 aromatic heterocycles. The van der Waals surface area contributed by atoms with E-state index >= 15 is 0 Å². The van der Waals surface area contributed by atoms with E-state index in [-0.39, 0.29) is 0 Å². The zero-order valence-electron chi connectivity index (χ0n) is 9.91. The highest BCUT2D eigenvalue weighted by atomic mass is 15.3. The molecule has 1 heterocycles. The quantitative estimate of drug-likeness (QED) is 0.763. The minimum atomic E-state index is 0.824. The molecule has 3 rings (SSSR count). The molecule has 3 aliphatic rings. The fourth-order valence-corrected chi connectivity index (χ4v) is 3.20. The van der Waals surface area contributed by atoms with Crippen molar-refractivity contribution in [1.82, 2.24) is 10.2 Å². The maximum Gasteiger partial charge on any atom is 0.0224 e. The van der Waals surface area contributed by atoms with Crippen LogP contribution in [0.5, 0.6) is 0 Å². The van der Waals surface area contributed by atoms with Gasteiger partial charge >= 0.3 is 0 Å². The Kier molecular flexibility index (Phi) is 2.73. The molecule has 15 heavy (non-hydrogen) atoms. The van der Waals surface area contributed by atoms with Crippen LogP contribution in [0.15, 0.2) is 0 Å². The van der Waals surface area contributed by atoms with Crippen molar-refractivity contribution in [3.63, 3.8) is 0 Å². The van der Waals surface area contributed by atoms with Gasteiger partial charge in [-0.05, 0) is 38.0 Å². The Morgan fingerprint density at radius 3 is 2.53 bits per heavy atom. The monoisotopic (exact) mass is 208 g/mol. The first-order valence-electron chi connectivity index (χ1n) is 6.87. The summed E-state index contributed by atoms with van der Waals surface area (Å²) in [6, 6.07) is 2.59. The van der Waals surface area contributed by atoms with Crippen LogP contribution in [0.3, 0.4) is 0 Å². The third kappa shape index (κ3) is 1.94. The summed E-state index contributed by atoms with van der Waals surface area (Å²) in [5.41, 5.74) is 0. The van der Waals surface area contributed by atoms with E-state index in [4.69, 9.17) is 0 Å². The summed E-state index contributed by atoms with van der Waals surface area (Å²) in [6.45, 7) is 4.93. The van der Waals surface area contributed by atoms with Crippen molar-refractivity contribution in [2.24, 2.45) is 5.92 Å².